The zero-order valence-electron chi connectivity index (χ0n) is 17.2. The van der Waals surface area contributed by atoms with Gasteiger partial charge in [-0.2, -0.15) is 0 Å². The summed E-state index contributed by atoms with van der Waals surface area (Å²) in [6.07, 6.45) is -1.12. The third kappa shape index (κ3) is 3.09. The van der Waals surface area contributed by atoms with E-state index in [1.54, 1.807) is 13.8 Å². The zero-order chi connectivity index (χ0) is 20.7. The Morgan fingerprint density at radius 1 is 1.27 bits per heavy atom. The Morgan fingerprint density at radius 2 is 1.90 bits per heavy atom. The fraction of sp³-hybridized carbons (Fsp3) is 0.381. The van der Waals surface area contributed by atoms with Gasteiger partial charge in [0, 0.05) is 11.8 Å². The molecule has 2 fully saturated rings. The summed E-state index contributed by atoms with van der Waals surface area (Å²) >= 11 is 1.39. The number of aryl methyl sites for hydroxylation is 1. The predicted octanol–water partition coefficient (Wildman–Crippen LogP) is -1.81. The van der Waals surface area contributed by atoms with E-state index in [2.05, 4.69) is 4.98 Å². The number of imidazole rings is 1. The van der Waals surface area contributed by atoms with Gasteiger partial charge in [0.1, 0.15) is 17.8 Å². The van der Waals surface area contributed by atoms with Gasteiger partial charge in [-0.1, -0.05) is 24.3 Å². The summed E-state index contributed by atoms with van der Waals surface area (Å²) in [6.45, 7) is 3.57. The first-order valence-electron chi connectivity index (χ1n) is 9.45. The largest absolute Gasteiger partial charge is 1.00 e. The maximum atomic E-state index is 12.8. The number of nitrogens with zero attached hydrogens (tertiary/aromatic N) is 3. The molecule has 0 spiro atoms. The van der Waals surface area contributed by atoms with Crippen molar-refractivity contribution in [1.82, 2.24) is 14.5 Å². The minimum atomic E-state index is -1.26. The second kappa shape index (κ2) is 7.58. The number of aliphatic carboxylic acids is 1. The molecule has 2 saturated heterocycles. The quantitative estimate of drug-likeness (QED) is 0.374. The number of aromatic nitrogens is 2. The predicted molar refractivity (Wildman–Crippen MR) is 108 cm³/mol. The van der Waals surface area contributed by atoms with Crippen LogP contribution in [0.4, 0.5) is 0 Å². The van der Waals surface area contributed by atoms with Crippen LogP contribution in [0.3, 0.4) is 0 Å². The van der Waals surface area contributed by atoms with Crippen LogP contribution in [-0.4, -0.2) is 47.6 Å². The molecule has 5 rings (SSSR count). The summed E-state index contributed by atoms with van der Waals surface area (Å²) in [5.74, 6) is -1.95. The van der Waals surface area contributed by atoms with Crippen molar-refractivity contribution in [2.24, 2.45) is 13.0 Å². The third-order valence-corrected chi connectivity index (χ3v) is 7.69. The van der Waals surface area contributed by atoms with Gasteiger partial charge in [-0.05, 0) is 36.8 Å². The van der Waals surface area contributed by atoms with Gasteiger partial charge >= 0.3 is 51.4 Å². The molecule has 7 nitrogen and oxygen atoms in total. The van der Waals surface area contributed by atoms with E-state index in [0.717, 1.165) is 21.8 Å². The molecule has 2 aromatic carbocycles. The number of carboxylic acid groups (broad SMARTS) is 1. The van der Waals surface area contributed by atoms with Crippen LogP contribution in [0.1, 0.15) is 25.8 Å². The Bertz CT molecular complexity index is 1190. The van der Waals surface area contributed by atoms with E-state index in [1.807, 2.05) is 48.0 Å². The number of hydrogen-bond donors (Lipinski definition) is 1. The third-order valence-electron chi connectivity index (χ3n) is 6.09. The summed E-state index contributed by atoms with van der Waals surface area (Å²) in [5.41, 5.74) is 1.62. The Kier molecular flexibility index (Phi) is 5.62. The number of carbonyl (C=O) groups excluding carboxylic acids is 2. The van der Waals surface area contributed by atoms with Gasteiger partial charge in [-0.15, -0.1) is 11.8 Å². The molecule has 0 aliphatic carbocycles. The molecule has 1 aromatic heterocycles. The van der Waals surface area contributed by atoms with Crippen molar-refractivity contribution in [3.63, 3.8) is 0 Å². The summed E-state index contributed by atoms with van der Waals surface area (Å²) < 4.78 is 1.13. The van der Waals surface area contributed by atoms with Gasteiger partial charge in [-0.3, -0.25) is 4.79 Å². The van der Waals surface area contributed by atoms with Crippen molar-refractivity contribution < 1.29 is 71.2 Å². The number of benzene rings is 2. The number of rotatable bonds is 3. The summed E-state index contributed by atoms with van der Waals surface area (Å²) in [5, 5.41) is 24.4. The maximum absolute atomic E-state index is 12.8. The van der Waals surface area contributed by atoms with E-state index in [9.17, 15) is 19.8 Å². The van der Waals surface area contributed by atoms with Crippen LogP contribution in [-0.2, 0) is 16.6 Å². The second-order valence-electron chi connectivity index (χ2n) is 8.27. The Morgan fingerprint density at radius 3 is 2.53 bits per heavy atom. The standard InChI is InChI=1S/C21H21N3O4S.K/c1-21(2)16(20(27)28)24-18(26)14(19(24)29-21)15(25)17-22-12-8-10-6-4-5-7-11(10)9-13(12)23(17)3;/h4-9,14-16,19,25H,1-3H3,(H,27,28);/q;+1/p-1/t14-,15+,16+,19-;/m1./s1. The molecule has 0 radical (unpaired) electrons. The molecule has 0 unspecified atom stereocenters. The van der Waals surface area contributed by atoms with E-state index in [-0.39, 0.29) is 57.3 Å². The van der Waals surface area contributed by atoms with Gasteiger partial charge < -0.3 is 24.5 Å². The fourth-order valence-electron chi connectivity index (χ4n) is 4.64. The fourth-order valence-corrected chi connectivity index (χ4v) is 6.35. The van der Waals surface area contributed by atoms with E-state index in [1.165, 1.54) is 16.7 Å². The molecule has 4 atom stereocenters. The average Bonchev–Trinajstić information content (AvgIpc) is 3.11. The van der Waals surface area contributed by atoms with Crippen LogP contribution in [0.25, 0.3) is 21.8 Å². The number of aliphatic hydroxyl groups excluding tert-OH is 1. The number of amides is 1. The summed E-state index contributed by atoms with van der Waals surface area (Å²) in [6, 6.07) is 10.9. The molecular weight excluding hydrogens is 429 g/mol. The first kappa shape index (κ1) is 22.3. The van der Waals surface area contributed by atoms with Crippen LogP contribution in [0.15, 0.2) is 36.4 Å². The van der Waals surface area contributed by atoms with Crippen molar-refractivity contribution in [3.05, 3.63) is 42.2 Å². The van der Waals surface area contributed by atoms with Crippen molar-refractivity contribution in [1.29, 1.82) is 0 Å². The van der Waals surface area contributed by atoms with E-state index in [0.29, 0.717) is 5.82 Å². The molecule has 30 heavy (non-hydrogen) atoms. The monoisotopic (exact) mass is 449 g/mol. The number of β-lactam (4-membered cyclic amide) rings is 1. The molecule has 1 N–H and O–H groups in total. The topological polar surface area (TPSA) is 98.5 Å². The SMILES string of the molecule is Cn1c([C@@H](O)[C@@H]2C(=O)N3[C@@H]2SC(C)(C)[C@@H]3C(=O)[O-])nc2cc3ccccc3cc21.[K+]. The van der Waals surface area contributed by atoms with Crippen LogP contribution < -0.4 is 56.5 Å². The molecule has 1 amide bonds. The number of carbonyl (C=O) groups is 2. The van der Waals surface area contributed by atoms with E-state index >= 15 is 0 Å². The molecule has 3 aromatic rings. The number of aliphatic hydroxyl groups is 1. The molecule has 2 aliphatic heterocycles. The molecule has 2 aliphatic rings. The van der Waals surface area contributed by atoms with Gasteiger partial charge in [-0.25, -0.2) is 4.98 Å². The second-order valence-corrected chi connectivity index (χ2v) is 10.0. The Hall–Kier alpha value is -0.944. The summed E-state index contributed by atoms with van der Waals surface area (Å²) in [7, 11) is 1.82. The van der Waals surface area contributed by atoms with Crippen molar-refractivity contribution in [3.8, 4) is 0 Å². The van der Waals surface area contributed by atoms with Crippen LogP contribution >= 0.6 is 11.8 Å². The van der Waals surface area contributed by atoms with Crippen LogP contribution in [0.5, 0.6) is 0 Å². The van der Waals surface area contributed by atoms with Gasteiger partial charge in [0.05, 0.1) is 28.4 Å². The zero-order valence-corrected chi connectivity index (χ0v) is 21.1. The minimum Gasteiger partial charge on any atom is -0.548 e. The Balaban J connectivity index is 0.00000218. The average molecular weight is 450 g/mol. The molecule has 150 valence electrons. The van der Waals surface area contributed by atoms with Gasteiger partial charge in [0.15, 0.2) is 0 Å². The molecule has 0 saturated carbocycles. The molecule has 0 bridgehead atoms. The normalized spacial score (nSPS) is 25.7. The van der Waals surface area contributed by atoms with Crippen molar-refractivity contribution >= 4 is 45.4 Å². The molecule has 3 heterocycles. The number of thioether (sulfide) groups is 1. The first-order valence-corrected chi connectivity index (χ1v) is 10.3. The number of hydrogen-bond acceptors (Lipinski definition) is 6. The molecule has 9 heteroatoms. The van der Waals surface area contributed by atoms with Crippen LogP contribution in [0.2, 0.25) is 0 Å². The maximum Gasteiger partial charge on any atom is 1.00 e. The Labute approximate surface area is 220 Å². The van der Waals surface area contributed by atoms with Crippen molar-refractivity contribution in [2.75, 3.05) is 0 Å². The van der Waals surface area contributed by atoms with Gasteiger partial charge in [0.2, 0.25) is 5.91 Å². The first-order chi connectivity index (χ1) is 13.7. The molecular formula is C21H20KN3O4S. The minimum absolute atomic E-state index is 0. The van der Waals surface area contributed by atoms with Crippen molar-refractivity contribution in [2.45, 2.75) is 36.1 Å². The number of carboxylic acids is 1. The van der Waals surface area contributed by atoms with E-state index in [4.69, 9.17) is 0 Å². The van der Waals surface area contributed by atoms with Crippen LogP contribution in [0, 0.1) is 5.92 Å². The van der Waals surface area contributed by atoms with E-state index < -0.39 is 34.2 Å². The summed E-state index contributed by atoms with van der Waals surface area (Å²) in [4.78, 5) is 30.3. The number of fused-ring (bicyclic) bond motifs is 3. The van der Waals surface area contributed by atoms with Gasteiger partial charge in [0.25, 0.3) is 0 Å². The smallest absolute Gasteiger partial charge is 0.548 e.